The second kappa shape index (κ2) is 5.06. The number of hydrogen-bond acceptors (Lipinski definition) is 3. The average molecular weight is 209 g/mol. The Kier molecular flexibility index (Phi) is 3.72. The van der Waals surface area contributed by atoms with Gasteiger partial charge in [0.1, 0.15) is 4.88 Å². The molecule has 0 spiro atoms. The molecular formula is C8H7N3O2S. The summed E-state index contributed by atoms with van der Waals surface area (Å²) in [5.41, 5.74) is 8.63. The van der Waals surface area contributed by atoms with Crippen LogP contribution < -0.4 is 0 Å². The van der Waals surface area contributed by atoms with Crippen LogP contribution in [0.2, 0.25) is 0 Å². The molecule has 1 aromatic heterocycles. The SMILES string of the molecule is [N-]=[N+]=NCC=Cc1ccsc1C(=O)O. The van der Waals surface area contributed by atoms with Gasteiger partial charge in [-0.3, -0.25) is 0 Å². The minimum atomic E-state index is -0.941. The quantitative estimate of drug-likeness (QED) is 0.469. The van der Waals surface area contributed by atoms with Crippen molar-refractivity contribution in [1.29, 1.82) is 0 Å². The van der Waals surface area contributed by atoms with E-state index in [1.54, 1.807) is 23.6 Å². The molecule has 0 radical (unpaired) electrons. The van der Waals surface area contributed by atoms with Gasteiger partial charge >= 0.3 is 5.97 Å². The van der Waals surface area contributed by atoms with Gasteiger partial charge < -0.3 is 5.11 Å². The third kappa shape index (κ3) is 2.62. The molecule has 6 heteroatoms. The van der Waals surface area contributed by atoms with Gasteiger partial charge in [0.2, 0.25) is 0 Å². The summed E-state index contributed by atoms with van der Waals surface area (Å²) in [5.74, 6) is -0.941. The van der Waals surface area contributed by atoms with Crippen molar-refractivity contribution in [3.05, 3.63) is 38.4 Å². The molecule has 14 heavy (non-hydrogen) atoms. The van der Waals surface area contributed by atoms with Crippen molar-refractivity contribution < 1.29 is 9.90 Å². The van der Waals surface area contributed by atoms with Crippen molar-refractivity contribution >= 4 is 23.4 Å². The number of nitrogens with zero attached hydrogens (tertiary/aromatic N) is 3. The summed E-state index contributed by atoms with van der Waals surface area (Å²) < 4.78 is 0. The van der Waals surface area contributed by atoms with Crippen LogP contribution in [0.25, 0.3) is 16.5 Å². The lowest BCUT2D eigenvalue weighted by molar-refractivity contribution is 0.0702. The Bertz CT molecular complexity index is 404. The molecule has 0 aliphatic heterocycles. The van der Waals surface area contributed by atoms with Crippen LogP contribution in [0.1, 0.15) is 15.2 Å². The van der Waals surface area contributed by atoms with Crippen LogP contribution in [0, 0.1) is 0 Å². The second-order valence-electron chi connectivity index (χ2n) is 2.33. The van der Waals surface area contributed by atoms with E-state index in [9.17, 15) is 4.79 Å². The molecule has 0 fully saturated rings. The van der Waals surface area contributed by atoms with Gasteiger partial charge in [0.15, 0.2) is 0 Å². The number of aromatic carboxylic acids is 1. The molecule has 0 aliphatic carbocycles. The minimum Gasteiger partial charge on any atom is -0.477 e. The standard InChI is InChI=1S/C8H7N3O2S/c9-11-10-4-1-2-6-3-5-14-7(6)8(12)13/h1-3,5H,4H2,(H,12,13). The molecule has 5 nitrogen and oxygen atoms in total. The predicted molar refractivity (Wildman–Crippen MR) is 54.3 cm³/mol. The van der Waals surface area contributed by atoms with Gasteiger partial charge in [0.25, 0.3) is 0 Å². The van der Waals surface area contributed by atoms with E-state index in [4.69, 9.17) is 10.6 Å². The van der Waals surface area contributed by atoms with Crippen LogP contribution >= 0.6 is 11.3 Å². The molecule has 0 unspecified atom stereocenters. The molecule has 1 rings (SSSR count). The summed E-state index contributed by atoms with van der Waals surface area (Å²) in [6.45, 7) is 0.228. The van der Waals surface area contributed by atoms with Crippen LogP contribution in [0.5, 0.6) is 0 Å². The summed E-state index contributed by atoms with van der Waals surface area (Å²) in [4.78, 5) is 13.5. The molecular weight excluding hydrogens is 202 g/mol. The third-order valence-electron chi connectivity index (χ3n) is 1.44. The molecule has 0 aliphatic rings. The Balaban J connectivity index is 2.75. The first-order valence-corrected chi connectivity index (χ1v) is 4.62. The highest BCUT2D eigenvalue weighted by Crippen LogP contribution is 2.17. The average Bonchev–Trinajstić information content (AvgIpc) is 2.60. The minimum absolute atomic E-state index is 0.228. The summed E-state index contributed by atoms with van der Waals surface area (Å²) in [6, 6.07) is 1.71. The first kappa shape index (κ1) is 10.3. The number of rotatable bonds is 4. The Morgan fingerprint density at radius 3 is 3.21 bits per heavy atom. The van der Waals surface area contributed by atoms with Crippen molar-refractivity contribution in [2.24, 2.45) is 5.11 Å². The third-order valence-corrected chi connectivity index (χ3v) is 2.36. The fourth-order valence-electron chi connectivity index (χ4n) is 0.888. The van der Waals surface area contributed by atoms with E-state index < -0.39 is 5.97 Å². The van der Waals surface area contributed by atoms with Crippen LogP contribution in [-0.2, 0) is 0 Å². The number of carbonyl (C=O) groups is 1. The van der Waals surface area contributed by atoms with E-state index >= 15 is 0 Å². The maximum atomic E-state index is 10.7. The summed E-state index contributed by atoms with van der Waals surface area (Å²) >= 11 is 1.17. The highest BCUT2D eigenvalue weighted by molar-refractivity contribution is 7.12. The normalized spacial score (nSPS) is 10.0. The first-order valence-electron chi connectivity index (χ1n) is 3.74. The van der Waals surface area contributed by atoms with Gasteiger partial charge in [-0.05, 0) is 22.5 Å². The number of azide groups is 1. The van der Waals surface area contributed by atoms with Crippen LogP contribution in [0.4, 0.5) is 0 Å². The van der Waals surface area contributed by atoms with E-state index in [1.807, 2.05) is 0 Å². The molecule has 0 saturated heterocycles. The zero-order valence-electron chi connectivity index (χ0n) is 7.12. The van der Waals surface area contributed by atoms with E-state index in [0.29, 0.717) is 10.4 Å². The Morgan fingerprint density at radius 2 is 2.57 bits per heavy atom. The molecule has 1 heterocycles. The van der Waals surface area contributed by atoms with Crippen molar-refractivity contribution in [3.63, 3.8) is 0 Å². The number of carboxylic acids is 1. The molecule has 0 atom stereocenters. The summed E-state index contributed by atoms with van der Waals surface area (Å²) in [6.07, 6.45) is 3.25. The molecule has 0 amide bonds. The van der Waals surface area contributed by atoms with Gasteiger partial charge in [-0.25, -0.2) is 4.79 Å². The lowest BCUT2D eigenvalue weighted by Gasteiger charge is -1.90. The predicted octanol–water partition coefficient (Wildman–Crippen LogP) is 2.77. The first-order chi connectivity index (χ1) is 6.75. The maximum absolute atomic E-state index is 10.7. The lowest BCUT2D eigenvalue weighted by Crippen LogP contribution is -1.93. The van der Waals surface area contributed by atoms with Crippen molar-refractivity contribution in [3.8, 4) is 0 Å². The van der Waals surface area contributed by atoms with Crippen LogP contribution in [0.3, 0.4) is 0 Å². The summed E-state index contributed by atoms with van der Waals surface area (Å²) in [5, 5.41) is 13.8. The van der Waals surface area contributed by atoms with Gasteiger partial charge in [0.05, 0.1) is 0 Å². The van der Waals surface area contributed by atoms with Gasteiger partial charge in [-0.2, -0.15) is 0 Å². The Labute approximate surface area is 83.9 Å². The molecule has 0 aromatic carbocycles. The smallest absolute Gasteiger partial charge is 0.346 e. The monoisotopic (exact) mass is 209 g/mol. The number of thiophene rings is 1. The Hall–Kier alpha value is -1.78. The van der Waals surface area contributed by atoms with Gasteiger partial charge in [-0.15, -0.1) is 11.3 Å². The van der Waals surface area contributed by atoms with Crippen LogP contribution in [-0.4, -0.2) is 17.6 Å². The maximum Gasteiger partial charge on any atom is 0.346 e. The van der Waals surface area contributed by atoms with E-state index in [-0.39, 0.29) is 6.54 Å². The van der Waals surface area contributed by atoms with Gasteiger partial charge in [0, 0.05) is 11.5 Å². The van der Waals surface area contributed by atoms with Crippen LogP contribution in [0.15, 0.2) is 22.6 Å². The second-order valence-corrected chi connectivity index (χ2v) is 3.24. The summed E-state index contributed by atoms with van der Waals surface area (Å²) in [7, 11) is 0. The molecule has 72 valence electrons. The molecule has 0 saturated carbocycles. The van der Waals surface area contributed by atoms with E-state index in [2.05, 4.69) is 10.0 Å². The van der Waals surface area contributed by atoms with E-state index in [0.717, 1.165) is 0 Å². The highest BCUT2D eigenvalue weighted by Gasteiger charge is 2.08. The van der Waals surface area contributed by atoms with Gasteiger partial charge in [-0.1, -0.05) is 17.3 Å². The molecule has 0 bridgehead atoms. The topological polar surface area (TPSA) is 86.1 Å². The zero-order chi connectivity index (χ0) is 10.4. The highest BCUT2D eigenvalue weighted by atomic mass is 32.1. The Morgan fingerprint density at radius 1 is 1.79 bits per heavy atom. The number of hydrogen-bond donors (Lipinski definition) is 1. The largest absolute Gasteiger partial charge is 0.477 e. The lowest BCUT2D eigenvalue weighted by atomic mass is 10.2. The zero-order valence-corrected chi connectivity index (χ0v) is 7.94. The molecule has 1 aromatic rings. The molecule has 1 N–H and O–H groups in total. The number of carboxylic acid groups (broad SMARTS) is 1. The van der Waals surface area contributed by atoms with Crippen molar-refractivity contribution in [2.75, 3.05) is 6.54 Å². The fourth-order valence-corrected chi connectivity index (χ4v) is 1.61. The van der Waals surface area contributed by atoms with Crippen molar-refractivity contribution in [2.45, 2.75) is 0 Å². The fraction of sp³-hybridized carbons (Fsp3) is 0.125. The van der Waals surface area contributed by atoms with Crippen molar-refractivity contribution in [1.82, 2.24) is 0 Å². The van der Waals surface area contributed by atoms with E-state index in [1.165, 1.54) is 11.3 Å².